The summed E-state index contributed by atoms with van der Waals surface area (Å²) in [6.45, 7) is 2.84. The molecule has 0 aromatic carbocycles. The van der Waals surface area contributed by atoms with E-state index in [9.17, 15) is 9.90 Å². The van der Waals surface area contributed by atoms with Crippen LogP contribution in [0.15, 0.2) is 0 Å². The van der Waals surface area contributed by atoms with Gasteiger partial charge in [0.1, 0.15) is 0 Å². The second-order valence-electron chi connectivity index (χ2n) is 5.28. The van der Waals surface area contributed by atoms with Crippen LogP contribution in [0.25, 0.3) is 0 Å². The van der Waals surface area contributed by atoms with E-state index in [2.05, 4.69) is 12.2 Å². The van der Waals surface area contributed by atoms with Gasteiger partial charge in [0, 0.05) is 20.1 Å². The van der Waals surface area contributed by atoms with Crippen LogP contribution in [0.4, 0.5) is 0 Å². The smallest absolute Gasteiger partial charge is 0.220 e. The molecule has 0 saturated heterocycles. The van der Waals surface area contributed by atoms with Gasteiger partial charge >= 0.3 is 0 Å². The molecule has 2 atom stereocenters. The largest absolute Gasteiger partial charge is 0.394 e. The Morgan fingerprint density at radius 2 is 2.35 bits per heavy atom. The summed E-state index contributed by atoms with van der Waals surface area (Å²) in [6.07, 6.45) is 5.27. The van der Waals surface area contributed by atoms with Gasteiger partial charge in [-0.05, 0) is 25.2 Å². The highest BCUT2D eigenvalue weighted by atomic mass is 16.5. The average molecular weight is 243 g/mol. The second-order valence-corrected chi connectivity index (χ2v) is 5.28. The minimum atomic E-state index is -0.373. The summed E-state index contributed by atoms with van der Waals surface area (Å²) < 4.78 is 4.92. The Morgan fingerprint density at radius 3 is 2.94 bits per heavy atom. The number of carbonyl (C=O) groups excluding carboxylic acids is 1. The van der Waals surface area contributed by atoms with Crippen molar-refractivity contribution < 1.29 is 14.6 Å². The fourth-order valence-corrected chi connectivity index (χ4v) is 2.69. The van der Waals surface area contributed by atoms with Crippen molar-refractivity contribution in [2.24, 2.45) is 5.92 Å². The molecule has 100 valence electrons. The lowest BCUT2D eigenvalue weighted by Gasteiger charge is -2.39. The molecule has 0 aliphatic heterocycles. The minimum absolute atomic E-state index is 0.0326. The molecule has 4 heteroatoms. The van der Waals surface area contributed by atoms with Gasteiger partial charge in [-0.15, -0.1) is 0 Å². The molecule has 1 fully saturated rings. The molecule has 0 spiro atoms. The van der Waals surface area contributed by atoms with Gasteiger partial charge in [-0.1, -0.05) is 19.8 Å². The number of hydrogen-bond acceptors (Lipinski definition) is 3. The molecule has 17 heavy (non-hydrogen) atoms. The Bertz CT molecular complexity index is 245. The van der Waals surface area contributed by atoms with E-state index in [0.717, 1.165) is 25.7 Å². The predicted molar refractivity (Wildman–Crippen MR) is 66.7 cm³/mol. The summed E-state index contributed by atoms with van der Waals surface area (Å²) in [4.78, 5) is 11.8. The first-order valence-corrected chi connectivity index (χ1v) is 6.53. The van der Waals surface area contributed by atoms with Crippen molar-refractivity contribution in [2.75, 3.05) is 20.3 Å². The van der Waals surface area contributed by atoms with E-state index in [4.69, 9.17) is 4.74 Å². The Hall–Kier alpha value is -0.610. The third-order valence-corrected chi connectivity index (χ3v) is 3.55. The zero-order chi connectivity index (χ0) is 12.7. The quantitative estimate of drug-likeness (QED) is 0.695. The second kappa shape index (κ2) is 6.97. The Kier molecular flexibility index (Phi) is 5.92. The average Bonchev–Trinajstić information content (AvgIpc) is 2.29. The van der Waals surface area contributed by atoms with Crippen molar-refractivity contribution in [3.63, 3.8) is 0 Å². The van der Waals surface area contributed by atoms with Crippen molar-refractivity contribution in [3.05, 3.63) is 0 Å². The van der Waals surface area contributed by atoms with Crippen molar-refractivity contribution in [3.8, 4) is 0 Å². The summed E-state index contributed by atoms with van der Waals surface area (Å²) in [5, 5.41) is 12.6. The van der Waals surface area contributed by atoms with Gasteiger partial charge in [-0.25, -0.2) is 0 Å². The molecule has 2 unspecified atom stereocenters. The monoisotopic (exact) mass is 243 g/mol. The Balaban J connectivity index is 2.42. The molecule has 2 N–H and O–H groups in total. The molecule has 0 bridgehead atoms. The van der Waals surface area contributed by atoms with Crippen LogP contribution in [0.3, 0.4) is 0 Å². The topological polar surface area (TPSA) is 58.6 Å². The fourth-order valence-electron chi connectivity index (χ4n) is 2.69. The van der Waals surface area contributed by atoms with Crippen LogP contribution < -0.4 is 5.32 Å². The number of hydrogen-bond donors (Lipinski definition) is 2. The van der Waals surface area contributed by atoms with E-state index in [1.165, 1.54) is 6.42 Å². The first kappa shape index (κ1) is 14.5. The van der Waals surface area contributed by atoms with Crippen LogP contribution in [-0.4, -0.2) is 36.9 Å². The molecule has 0 heterocycles. The first-order valence-electron chi connectivity index (χ1n) is 6.53. The molecule has 4 nitrogen and oxygen atoms in total. The number of rotatable bonds is 6. The predicted octanol–water partition coefficient (Wildman–Crippen LogP) is 1.47. The third kappa shape index (κ3) is 4.64. The standard InChI is InChI=1S/C13H25NO3/c1-11-5-3-7-13(9-11,10-15)14-12(16)6-4-8-17-2/h11,15H,3-10H2,1-2H3,(H,14,16). The van der Waals surface area contributed by atoms with Gasteiger partial charge < -0.3 is 15.2 Å². The normalized spacial score (nSPS) is 29.0. The first-order chi connectivity index (χ1) is 8.12. The number of ether oxygens (including phenoxy) is 1. The van der Waals surface area contributed by atoms with Crippen molar-refractivity contribution in [1.29, 1.82) is 0 Å². The van der Waals surface area contributed by atoms with Crippen molar-refractivity contribution in [2.45, 2.75) is 51.0 Å². The zero-order valence-electron chi connectivity index (χ0n) is 11.0. The summed E-state index contributed by atoms with van der Waals surface area (Å²) in [6, 6.07) is 0. The van der Waals surface area contributed by atoms with E-state index in [-0.39, 0.29) is 18.1 Å². The number of methoxy groups -OCH3 is 1. The maximum Gasteiger partial charge on any atom is 0.220 e. The lowest BCUT2D eigenvalue weighted by Crippen LogP contribution is -2.53. The van der Waals surface area contributed by atoms with E-state index >= 15 is 0 Å². The SMILES string of the molecule is COCCCC(=O)NC1(CO)CCCC(C)C1. The van der Waals surface area contributed by atoms with Crippen LogP contribution in [-0.2, 0) is 9.53 Å². The van der Waals surface area contributed by atoms with Gasteiger partial charge in [-0.3, -0.25) is 4.79 Å². The van der Waals surface area contributed by atoms with Crippen LogP contribution >= 0.6 is 0 Å². The van der Waals surface area contributed by atoms with Crippen LogP contribution in [0.2, 0.25) is 0 Å². The van der Waals surface area contributed by atoms with Gasteiger partial charge in [0.25, 0.3) is 0 Å². The van der Waals surface area contributed by atoms with Gasteiger partial charge in [0.05, 0.1) is 12.1 Å². The maximum atomic E-state index is 11.8. The van der Waals surface area contributed by atoms with E-state index in [0.29, 0.717) is 18.9 Å². The molecular formula is C13H25NO3. The molecule has 1 amide bonds. The highest BCUT2D eigenvalue weighted by Crippen LogP contribution is 2.32. The lowest BCUT2D eigenvalue weighted by molar-refractivity contribution is -0.124. The molecule has 0 aromatic heterocycles. The molecule has 1 aliphatic carbocycles. The number of nitrogens with one attached hydrogen (secondary N) is 1. The molecular weight excluding hydrogens is 218 g/mol. The summed E-state index contributed by atoms with van der Waals surface area (Å²) in [7, 11) is 1.63. The zero-order valence-corrected chi connectivity index (χ0v) is 11.0. The van der Waals surface area contributed by atoms with E-state index in [1.54, 1.807) is 7.11 Å². The van der Waals surface area contributed by atoms with Crippen LogP contribution in [0, 0.1) is 5.92 Å². The van der Waals surface area contributed by atoms with Gasteiger partial charge in [-0.2, -0.15) is 0 Å². The van der Waals surface area contributed by atoms with Crippen LogP contribution in [0.5, 0.6) is 0 Å². The molecule has 0 aromatic rings. The summed E-state index contributed by atoms with van der Waals surface area (Å²) in [5.74, 6) is 0.611. The van der Waals surface area contributed by atoms with Crippen molar-refractivity contribution >= 4 is 5.91 Å². The minimum Gasteiger partial charge on any atom is -0.394 e. The number of aliphatic hydroxyl groups excluding tert-OH is 1. The third-order valence-electron chi connectivity index (χ3n) is 3.55. The highest BCUT2D eigenvalue weighted by Gasteiger charge is 2.35. The number of amides is 1. The molecule has 0 radical (unpaired) electrons. The summed E-state index contributed by atoms with van der Waals surface area (Å²) in [5.41, 5.74) is -0.373. The maximum absolute atomic E-state index is 11.8. The molecule has 1 saturated carbocycles. The van der Waals surface area contributed by atoms with Crippen molar-refractivity contribution in [1.82, 2.24) is 5.32 Å². The number of aliphatic hydroxyl groups is 1. The molecule has 1 rings (SSSR count). The van der Waals surface area contributed by atoms with E-state index in [1.807, 2.05) is 0 Å². The molecule has 1 aliphatic rings. The van der Waals surface area contributed by atoms with Crippen LogP contribution in [0.1, 0.15) is 45.4 Å². The van der Waals surface area contributed by atoms with Gasteiger partial charge in [0.15, 0.2) is 0 Å². The lowest BCUT2D eigenvalue weighted by atomic mass is 9.77. The highest BCUT2D eigenvalue weighted by molar-refractivity contribution is 5.76. The van der Waals surface area contributed by atoms with Gasteiger partial charge in [0.2, 0.25) is 5.91 Å². The Labute approximate surface area is 104 Å². The number of carbonyl (C=O) groups is 1. The fraction of sp³-hybridized carbons (Fsp3) is 0.923. The Morgan fingerprint density at radius 1 is 1.59 bits per heavy atom. The van der Waals surface area contributed by atoms with E-state index < -0.39 is 0 Å². The summed E-state index contributed by atoms with van der Waals surface area (Å²) >= 11 is 0.